The predicted molar refractivity (Wildman–Crippen MR) is 108 cm³/mol. The van der Waals surface area contributed by atoms with Crippen molar-refractivity contribution >= 4 is 40.5 Å². The minimum absolute atomic E-state index is 0.152. The molecule has 3 rings (SSSR count). The normalized spacial score (nSPS) is 14.8. The van der Waals surface area contributed by atoms with Gasteiger partial charge in [-0.1, -0.05) is 11.6 Å². The number of methoxy groups -OCH3 is 1. The molecule has 0 saturated carbocycles. The summed E-state index contributed by atoms with van der Waals surface area (Å²) in [6.07, 6.45) is 1.49. The van der Waals surface area contributed by atoms with Crippen molar-refractivity contribution in [1.29, 1.82) is 0 Å². The number of hydrogen-bond acceptors (Lipinski definition) is 4. The molecule has 1 aliphatic heterocycles. The zero-order valence-electron chi connectivity index (χ0n) is 15.3. The zero-order valence-corrected chi connectivity index (χ0v) is 16.0. The summed E-state index contributed by atoms with van der Waals surface area (Å²) in [5.74, 6) is 0.480. The highest BCUT2D eigenvalue weighted by molar-refractivity contribution is 6.31. The molecule has 0 aliphatic carbocycles. The summed E-state index contributed by atoms with van der Waals surface area (Å²) in [5.41, 5.74) is 2.20. The first-order valence-corrected chi connectivity index (χ1v) is 9.17. The second-order valence-corrected chi connectivity index (χ2v) is 6.83. The monoisotopic (exact) mass is 387 g/mol. The third-order valence-electron chi connectivity index (χ3n) is 4.45. The van der Waals surface area contributed by atoms with Gasteiger partial charge < -0.3 is 20.3 Å². The van der Waals surface area contributed by atoms with Crippen LogP contribution in [0.2, 0.25) is 5.02 Å². The van der Waals surface area contributed by atoms with E-state index in [2.05, 4.69) is 10.6 Å². The summed E-state index contributed by atoms with van der Waals surface area (Å²) in [5, 5.41) is 6.49. The van der Waals surface area contributed by atoms with E-state index in [0.29, 0.717) is 22.9 Å². The highest BCUT2D eigenvalue weighted by atomic mass is 35.5. The Balaban J connectivity index is 1.63. The maximum absolute atomic E-state index is 12.5. The smallest absolute Gasteiger partial charge is 0.246 e. The van der Waals surface area contributed by atoms with Gasteiger partial charge in [-0.3, -0.25) is 9.59 Å². The van der Waals surface area contributed by atoms with Crippen molar-refractivity contribution < 1.29 is 14.3 Å². The molecule has 2 N–H and O–H groups in total. The molecule has 142 valence electrons. The van der Waals surface area contributed by atoms with Gasteiger partial charge in [0.2, 0.25) is 11.8 Å². The molecule has 1 atom stereocenters. The summed E-state index contributed by atoms with van der Waals surface area (Å²) < 4.78 is 5.24. The van der Waals surface area contributed by atoms with Crippen LogP contribution in [0.25, 0.3) is 0 Å². The highest BCUT2D eigenvalue weighted by Crippen LogP contribution is 2.28. The van der Waals surface area contributed by atoms with Gasteiger partial charge in [0.05, 0.1) is 12.8 Å². The average Bonchev–Trinajstić information content (AvgIpc) is 3.08. The van der Waals surface area contributed by atoms with Crippen LogP contribution in [0.15, 0.2) is 42.5 Å². The van der Waals surface area contributed by atoms with Crippen molar-refractivity contribution in [3.05, 3.63) is 47.5 Å². The molecule has 6 nitrogen and oxygen atoms in total. The van der Waals surface area contributed by atoms with Gasteiger partial charge in [0.1, 0.15) is 11.8 Å². The molecule has 0 spiro atoms. The molecule has 2 aromatic carbocycles. The average molecular weight is 388 g/mol. The van der Waals surface area contributed by atoms with Crippen molar-refractivity contribution in [2.75, 3.05) is 29.2 Å². The number of ether oxygens (including phenoxy) is 1. The van der Waals surface area contributed by atoms with Crippen molar-refractivity contribution in [2.24, 2.45) is 0 Å². The molecule has 0 radical (unpaired) electrons. The van der Waals surface area contributed by atoms with Gasteiger partial charge in [-0.25, -0.2) is 0 Å². The summed E-state index contributed by atoms with van der Waals surface area (Å²) in [6, 6.07) is 12.1. The minimum atomic E-state index is -0.479. The van der Waals surface area contributed by atoms with E-state index in [1.807, 2.05) is 24.3 Å². The fraction of sp³-hybridized carbons (Fsp3) is 0.300. The van der Waals surface area contributed by atoms with E-state index in [1.165, 1.54) is 7.11 Å². The molecular formula is C20H22ClN3O3. The number of rotatable bonds is 6. The van der Waals surface area contributed by atoms with E-state index in [-0.39, 0.29) is 11.8 Å². The number of amides is 2. The number of halogens is 1. The number of carbonyl (C=O) groups excluding carboxylic acids is 2. The largest absolute Gasteiger partial charge is 0.495 e. The number of nitrogens with zero attached hydrogens (tertiary/aromatic N) is 1. The maximum Gasteiger partial charge on any atom is 0.246 e. The Morgan fingerprint density at radius 3 is 2.59 bits per heavy atom. The predicted octanol–water partition coefficient (Wildman–Crippen LogP) is 3.91. The molecule has 27 heavy (non-hydrogen) atoms. The number of carbonyl (C=O) groups is 2. The van der Waals surface area contributed by atoms with Crippen LogP contribution >= 0.6 is 11.6 Å². The summed E-state index contributed by atoms with van der Waals surface area (Å²) >= 11 is 6.00. The van der Waals surface area contributed by atoms with Gasteiger partial charge in [-0.2, -0.15) is 0 Å². The molecular weight excluding hydrogens is 366 g/mol. The van der Waals surface area contributed by atoms with Crippen LogP contribution in [0.4, 0.5) is 17.1 Å². The molecule has 0 bridgehead atoms. The second-order valence-electron chi connectivity index (χ2n) is 6.40. The Labute approximate surface area is 163 Å². The molecule has 7 heteroatoms. The molecule has 1 fully saturated rings. The van der Waals surface area contributed by atoms with E-state index >= 15 is 0 Å². The summed E-state index contributed by atoms with van der Waals surface area (Å²) in [4.78, 5) is 26.1. The maximum atomic E-state index is 12.5. The van der Waals surface area contributed by atoms with E-state index in [1.54, 1.807) is 30.0 Å². The topological polar surface area (TPSA) is 70.7 Å². The molecule has 1 saturated heterocycles. The quantitative estimate of drug-likeness (QED) is 0.788. The SMILES string of the molecule is COc1ccc(Cl)cc1NC(=O)[C@H](C)Nc1ccc(N2CCCC2=O)cc1. The standard InChI is InChI=1S/C20H22ClN3O3/c1-13(20(26)23-17-12-14(21)5-10-18(17)27-2)22-15-6-8-16(9-7-15)24-11-3-4-19(24)25/h5-10,12-13,22H,3-4,11H2,1-2H3,(H,23,26)/t13-/m0/s1. The Kier molecular flexibility index (Phi) is 5.86. The van der Waals surface area contributed by atoms with Crippen LogP contribution in [-0.4, -0.2) is 31.5 Å². The Hall–Kier alpha value is -2.73. The van der Waals surface area contributed by atoms with Gasteiger partial charge in [0.25, 0.3) is 0 Å². The summed E-state index contributed by atoms with van der Waals surface area (Å²) in [6.45, 7) is 2.52. The van der Waals surface area contributed by atoms with E-state index in [9.17, 15) is 9.59 Å². The Morgan fingerprint density at radius 2 is 1.96 bits per heavy atom. The first-order valence-electron chi connectivity index (χ1n) is 8.79. The van der Waals surface area contributed by atoms with Gasteiger partial charge in [0, 0.05) is 29.4 Å². The molecule has 2 aromatic rings. The number of benzene rings is 2. The number of hydrogen-bond donors (Lipinski definition) is 2. The molecule has 0 aromatic heterocycles. The fourth-order valence-corrected chi connectivity index (χ4v) is 3.17. The number of nitrogens with one attached hydrogen (secondary N) is 2. The fourth-order valence-electron chi connectivity index (χ4n) is 2.99. The third-order valence-corrected chi connectivity index (χ3v) is 4.68. The van der Waals surface area contributed by atoms with Crippen LogP contribution in [0, 0.1) is 0 Å². The molecule has 1 aliphatic rings. The first kappa shape index (κ1) is 19.0. The van der Waals surface area contributed by atoms with Gasteiger partial charge in [-0.05, 0) is 55.8 Å². The van der Waals surface area contributed by atoms with E-state index in [4.69, 9.17) is 16.3 Å². The zero-order chi connectivity index (χ0) is 19.4. The minimum Gasteiger partial charge on any atom is -0.495 e. The van der Waals surface area contributed by atoms with Crippen LogP contribution in [0.3, 0.4) is 0 Å². The van der Waals surface area contributed by atoms with Crippen molar-refractivity contribution in [3.8, 4) is 5.75 Å². The lowest BCUT2D eigenvalue weighted by molar-refractivity contribution is -0.117. The Morgan fingerprint density at radius 1 is 1.22 bits per heavy atom. The highest BCUT2D eigenvalue weighted by Gasteiger charge is 2.21. The van der Waals surface area contributed by atoms with Crippen molar-refractivity contribution in [3.63, 3.8) is 0 Å². The number of anilines is 3. The third kappa shape index (κ3) is 4.52. The van der Waals surface area contributed by atoms with Gasteiger partial charge in [0.15, 0.2) is 0 Å². The molecule has 2 amide bonds. The Bertz CT molecular complexity index is 839. The molecule has 1 heterocycles. The lowest BCUT2D eigenvalue weighted by atomic mass is 10.2. The van der Waals surface area contributed by atoms with Crippen molar-refractivity contribution in [1.82, 2.24) is 0 Å². The lowest BCUT2D eigenvalue weighted by Crippen LogP contribution is -2.32. The van der Waals surface area contributed by atoms with Crippen LogP contribution in [-0.2, 0) is 9.59 Å². The van der Waals surface area contributed by atoms with Crippen LogP contribution in [0.5, 0.6) is 5.75 Å². The van der Waals surface area contributed by atoms with Gasteiger partial charge >= 0.3 is 0 Å². The first-order chi connectivity index (χ1) is 13.0. The van der Waals surface area contributed by atoms with Gasteiger partial charge in [-0.15, -0.1) is 0 Å². The summed E-state index contributed by atoms with van der Waals surface area (Å²) in [7, 11) is 1.53. The molecule has 0 unspecified atom stereocenters. The van der Waals surface area contributed by atoms with Crippen molar-refractivity contribution in [2.45, 2.75) is 25.8 Å². The lowest BCUT2D eigenvalue weighted by Gasteiger charge is -2.19. The van der Waals surface area contributed by atoms with Crippen LogP contribution < -0.4 is 20.3 Å². The van der Waals surface area contributed by atoms with E-state index in [0.717, 1.165) is 24.3 Å². The van der Waals surface area contributed by atoms with Crippen LogP contribution in [0.1, 0.15) is 19.8 Å². The van der Waals surface area contributed by atoms with E-state index < -0.39 is 6.04 Å². The second kappa shape index (κ2) is 8.31.